The lowest BCUT2D eigenvalue weighted by molar-refractivity contribution is -0.128. The van der Waals surface area contributed by atoms with E-state index in [4.69, 9.17) is 0 Å². The molecule has 0 N–H and O–H groups in total. The average molecular weight is 284 g/mol. The summed E-state index contributed by atoms with van der Waals surface area (Å²) in [5, 5.41) is 1.09. The van der Waals surface area contributed by atoms with E-state index in [0.29, 0.717) is 0 Å². The summed E-state index contributed by atoms with van der Waals surface area (Å²) < 4.78 is 0. The SMILES string of the molecule is CC(=O)N1CCCN(c2ncnc3ccc(C)cc23)CC1. The Hall–Kier alpha value is -2.17. The summed E-state index contributed by atoms with van der Waals surface area (Å²) in [6.45, 7) is 7.04. The largest absolute Gasteiger partial charge is 0.354 e. The second kappa shape index (κ2) is 5.68. The summed E-state index contributed by atoms with van der Waals surface area (Å²) in [4.78, 5) is 24.6. The Bertz CT molecular complexity index is 670. The van der Waals surface area contributed by atoms with E-state index in [1.54, 1.807) is 13.3 Å². The second-order valence-corrected chi connectivity index (χ2v) is 5.56. The number of hydrogen-bond acceptors (Lipinski definition) is 4. The van der Waals surface area contributed by atoms with E-state index in [1.807, 2.05) is 11.0 Å². The normalized spacial score (nSPS) is 16.1. The molecular formula is C16H20N4O. The summed E-state index contributed by atoms with van der Waals surface area (Å²) in [6, 6.07) is 6.24. The Morgan fingerprint density at radius 1 is 1.14 bits per heavy atom. The third-order valence-corrected chi connectivity index (χ3v) is 4.01. The lowest BCUT2D eigenvalue weighted by Gasteiger charge is -2.23. The molecule has 2 aromatic rings. The molecule has 0 saturated carbocycles. The zero-order valence-corrected chi connectivity index (χ0v) is 12.5. The van der Waals surface area contributed by atoms with Crippen LogP contribution in [0.25, 0.3) is 10.9 Å². The number of amides is 1. The molecule has 1 aliphatic rings. The van der Waals surface area contributed by atoms with Crippen molar-refractivity contribution in [3.8, 4) is 0 Å². The number of anilines is 1. The number of nitrogens with zero attached hydrogens (tertiary/aromatic N) is 4. The predicted molar refractivity (Wildman–Crippen MR) is 83.4 cm³/mol. The first-order valence-corrected chi connectivity index (χ1v) is 7.37. The zero-order chi connectivity index (χ0) is 14.8. The number of aryl methyl sites for hydroxylation is 1. The third-order valence-electron chi connectivity index (χ3n) is 4.01. The van der Waals surface area contributed by atoms with Gasteiger partial charge in [-0.05, 0) is 25.5 Å². The minimum absolute atomic E-state index is 0.153. The molecule has 1 aliphatic heterocycles. The maximum atomic E-state index is 11.5. The molecule has 0 aliphatic carbocycles. The number of hydrogen-bond donors (Lipinski definition) is 0. The fourth-order valence-electron chi connectivity index (χ4n) is 2.85. The molecule has 0 unspecified atom stereocenters. The van der Waals surface area contributed by atoms with E-state index in [-0.39, 0.29) is 5.91 Å². The van der Waals surface area contributed by atoms with Crippen molar-refractivity contribution in [1.29, 1.82) is 0 Å². The molecular weight excluding hydrogens is 264 g/mol. The van der Waals surface area contributed by atoms with Gasteiger partial charge in [-0.25, -0.2) is 9.97 Å². The first-order chi connectivity index (χ1) is 10.1. The molecule has 0 atom stereocenters. The van der Waals surface area contributed by atoms with E-state index in [0.717, 1.165) is 49.3 Å². The molecule has 1 aromatic carbocycles. The molecule has 1 saturated heterocycles. The monoisotopic (exact) mass is 284 g/mol. The molecule has 0 bridgehead atoms. The fourth-order valence-corrected chi connectivity index (χ4v) is 2.85. The van der Waals surface area contributed by atoms with Crippen molar-refractivity contribution < 1.29 is 4.79 Å². The van der Waals surface area contributed by atoms with Gasteiger partial charge in [0.25, 0.3) is 0 Å². The molecule has 0 spiro atoms. The smallest absolute Gasteiger partial charge is 0.219 e. The van der Waals surface area contributed by atoms with Gasteiger partial charge in [-0.3, -0.25) is 4.79 Å². The van der Waals surface area contributed by atoms with Crippen LogP contribution in [0.2, 0.25) is 0 Å². The van der Waals surface area contributed by atoms with E-state index in [2.05, 4.69) is 33.9 Å². The van der Waals surface area contributed by atoms with Crippen LogP contribution in [0.1, 0.15) is 18.9 Å². The topological polar surface area (TPSA) is 49.3 Å². The van der Waals surface area contributed by atoms with Crippen LogP contribution in [-0.2, 0) is 4.79 Å². The van der Waals surface area contributed by atoms with E-state index in [9.17, 15) is 4.79 Å². The molecule has 5 nitrogen and oxygen atoms in total. The van der Waals surface area contributed by atoms with E-state index in [1.165, 1.54) is 5.56 Å². The van der Waals surface area contributed by atoms with E-state index < -0.39 is 0 Å². The Morgan fingerprint density at radius 3 is 2.81 bits per heavy atom. The average Bonchev–Trinajstić information content (AvgIpc) is 2.72. The highest BCUT2D eigenvalue weighted by Crippen LogP contribution is 2.24. The van der Waals surface area contributed by atoms with Crippen LogP contribution in [-0.4, -0.2) is 47.0 Å². The quantitative estimate of drug-likeness (QED) is 0.803. The van der Waals surface area contributed by atoms with Crippen LogP contribution in [0, 0.1) is 6.92 Å². The Morgan fingerprint density at radius 2 is 2.00 bits per heavy atom. The van der Waals surface area contributed by atoms with Gasteiger partial charge >= 0.3 is 0 Å². The van der Waals surface area contributed by atoms with Gasteiger partial charge in [0, 0.05) is 38.5 Å². The second-order valence-electron chi connectivity index (χ2n) is 5.56. The molecule has 5 heteroatoms. The van der Waals surface area contributed by atoms with E-state index >= 15 is 0 Å². The van der Waals surface area contributed by atoms with Crippen LogP contribution in [0.15, 0.2) is 24.5 Å². The minimum Gasteiger partial charge on any atom is -0.354 e. The Labute approximate surface area is 124 Å². The first-order valence-electron chi connectivity index (χ1n) is 7.37. The van der Waals surface area contributed by atoms with Crippen molar-refractivity contribution in [2.75, 3.05) is 31.1 Å². The maximum absolute atomic E-state index is 11.5. The Balaban J connectivity index is 1.93. The van der Waals surface area contributed by atoms with Crippen LogP contribution in [0.3, 0.4) is 0 Å². The molecule has 0 radical (unpaired) electrons. The molecule has 21 heavy (non-hydrogen) atoms. The number of carbonyl (C=O) groups is 1. The molecule has 3 rings (SSSR count). The summed E-state index contributed by atoms with van der Waals surface area (Å²) in [7, 11) is 0. The number of benzene rings is 1. The number of aromatic nitrogens is 2. The van der Waals surface area contributed by atoms with Crippen LogP contribution < -0.4 is 4.90 Å². The number of fused-ring (bicyclic) bond motifs is 1. The minimum atomic E-state index is 0.153. The molecule has 1 aromatic heterocycles. The van der Waals surface area contributed by atoms with Crippen molar-refractivity contribution in [2.24, 2.45) is 0 Å². The lowest BCUT2D eigenvalue weighted by Crippen LogP contribution is -2.33. The highest BCUT2D eigenvalue weighted by molar-refractivity contribution is 5.89. The molecule has 1 fully saturated rings. The van der Waals surface area contributed by atoms with Gasteiger partial charge < -0.3 is 9.80 Å². The molecule has 110 valence electrons. The maximum Gasteiger partial charge on any atom is 0.219 e. The van der Waals surface area contributed by atoms with Crippen molar-refractivity contribution in [1.82, 2.24) is 14.9 Å². The highest BCUT2D eigenvalue weighted by Gasteiger charge is 2.19. The van der Waals surface area contributed by atoms with Crippen molar-refractivity contribution in [3.63, 3.8) is 0 Å². The van der Waals surface area contributed by atoms with Gasteiger partial charge in [0.1, 0.15) is 12.1 Å². The molecule has 2 heterocycles. The zero-order valence-electron chi connectivity index (χ0n) is 12.5. The van der Waals surface area contributed by atoms with Crippen molar-refractivity contribution in [2.45, 2.75) is 20.3 Å². The standard InChI is InChI=1S/C16H20N4O/c1-12-4-5-15-14(10-12)16(18-11-17-15)20-7-3-6-19(8-9-20)13(2)21/h4-5,10-11H,3,6-9H2,1-2H3. The van der Waals surface area contributed by atoms with Crippen molar-refractivity contribution >= 4 is 22.6 Å². The number of carbonyl (C=O) groups excluding carboxylic acids is 1. The van der Waals surface area contributed by atoms with Gasteiger partial charge in [0.2, 0.25) is 5.91 Å². The van der Waals surface area contributed by atoms with Gasteiger partial charge in [-0.1, -0.05) is 11.6 Å². The van der Waals surface area contributed by atoms with Gasteiger partial charge in [-0.2, -0.15) is 0 Å². The van der Waals surface area contributed by atoms with Gasteiger partial charge in [0.15, 0.2) is 0 Å². The van der Waals surface area contributed by atoms with Crippen LogP contribution in [0.5, 0.6) is 0 Å². The Kier molecular flexibility index (Phi) is 3.73. The fraction of sp³-hybridized carbons (Fsp3) is 0.438. The third kappa shape index (κ3) is 2.82. The lowest BCUT2D eigenvalue weighted by atomic mass is 10.1. The first kappa shape index (κ1) is 13.8. The van der Waals surface area contributed by atoms with Gasteiger partial charge in [0.05, 0.1) is 5.52 Å². The summed E-state index contributed by atoms with van der Waals surface area (Å²) in [6.07, 6.45) is 2.59. The van der Waals surface area contributed by atoms with Gasteiger partial charge in [-0.15, -0.1) is 0 Å². The predicted octanol–water partition coefficient (Wildman–Crippen LogP) is 2.00. The van der Waals surface area contributed by atoms with Crippen molar-refractivity contribution in [3.05, 3.63) is 30.1 Å². The summed E-state index contributed by atoms with van der Waals surface area (Å²) in [5.74, 6) is 1.13. The highest BCUT2D eigenvalue weighted by atomic mass is 16.2. The number of rotatable bonds is 1. The molecule has 1 amide bonds. The summed E-state index contributed by atoms with van der Waals surface area (Å²) >= 11 is 0. The van der Waals surface area contributed by atoms with Crippen LogP contribution >= 0.6 is 0 Å². The van der Waals surface area contributed by atoms with Crippen LogP contribution in [0.4, 0.5) is 5.82 Å². The summed E-state index contributed by atoms with van der Waals surface area (Å²) in [5.41, 5.74) is 2.18.